The highest BCUT2D eigenvalue weighted by atomic mass is 14.8. The third-order valence-electron chi connectivity index (χ3n) is 2.83. The summed E-state index contributed by atoms with van der Waals surface area (Å²) in [6, 6.07) is 0. The van der Waals surface area contributed by atoms with Gasteiger partial charge in [-0.3, -0.25) is 4.99 Å². The van der Waals surface area contributed by atoms with Crippen molar-refractivity contribution in [1.82, 2.24) is 0 Å². The Kier molecular flexibility index (Phi) is 6.79. The lowest BCUT2D eigenvalue weighted by atomic mass is 9.91. The third kappa shape index (κ3) is 6.25. The predicted molar refractivity (Wildman–Crippen MR) is 79.5 cm³/mol. The van der Waals surface area contributed by atoms with Gasteiger partial charge in [0.1, 0.15) is 0 Å². The smallest absolute Gasteiger partial charge is 0.0429 e. The highest BCUT2D eigenvalue weighted by Crippen LogP contribution is 2.20. The number of nitrogens with zero attached hydrogens (tertiary/aromatic N) is 1. The maximum Gasteiger partial charge on any atom is 0.0429 e. The van der Waals surface area contributed by atoms with Crippen molar-refractivity contribution in [2.24, 2.45) is 10.4 Å². The lowest BCUT2D eigenvalue weighted by Gasteiger charge is -2.18. The SMILES string of the molecule is C\C=C/C=C\C(C)=C(/CC)N=C(C)C(C)(C)C. The zero-order valence-corrected chi connectivity index (χ0v) is 12.5. The summed E-state index contributed by atoms with van der Waals surface area (Å²) < 4.78 is 0. The van der Waals surface area contributed by atoms with E-state index in [0.29, 0.717) is 0 Å². The van der Waals surface area contributed by atoms with Crippen LogP contribution in [0.1, 0.15) is 54.9 Å². The topological polar surface area (TPSA) is 12.4 Å². The van der Waals surface area contributed by atoms with Gasteiger partial charge < -0.3 is 0 Å². The fourth-order valence-corrected chi connectivity index (χ4v) is 1.22. The first-order valence-electron chi connectivity index (χ1n) is 6.37. The Morgan fingerprint density at radius 2 is 1.71 bits per heavy atom. The van der Waals surface area contributed by atoms with Gasteiger partial charge in [0.15, 0.2) is 0 Å². The maximum absolute atomic E-state index is 4.77. The molecular weight excluding hydrogens is 206 g/mol. The van der Waals surface area contributed by atoms with Gasteiger partial charge >= 0.3 is 0 Å². The Morgan fingerprint density at radius 1 is 1.12 bits per heavy atom. The van der Waals surface area contributed by atoms with E-state index in [1.807, 2.05) is 19.1 Å². The lowest BCUT2D eigenvalue weighted by molar-refractivity contribution is 0.586. The first-order chi connectivity index (χ1) is 7.82. The maximum atomic E-state index is 4.77. The molecule has 1 heteroatoms. The van der Waals surface area contributed by atoms with Crippen molar-refractivity contribution in [3.8, 4) is 0 Å². The fraction of sp³-hybridized carbons (Fsp3) is 0.562. The summed E-state index contributed by atoms with van der Waals surface area (Å²) in [5.41, 5.74) is 3.76. The van der Waals surface area contributed by atoms with Crippen LogP contribution in [0, 0.1) is 5.41 Å². The van der Waals surface area contributed by atoms with E-state index in [1.54, 1.807) is 0 Å². The van der Waals surface area contributed by atoms with Crippen molar-refractivity contribution < 1.29 is 0 Å². The number of hydrogen-bond acceptors (Lipinski definition) is 1. The van der Waals surface area contributed by atoms with Crippen molar-refractivity contribution in [1.29, 1.82) is 0 Å². The van der Waals surface area contributed by atoms with Crippen LogP contribution in [0.5, 0.6) is 0 Å². The molecule has 0 spiro atoms. The molecule has 0 radical (unpaired) electrons. The second-order valence-electron chi connectivity index (χ2n) is 5.32. The minimum atomic E-state index is 0.147. The van der Waals surface area contributed by atoms with Crippen LogP contribution in [-0.4, -0.2) is 5.71 Å². The number of aliphatic imine (C=N–C) groups is 1. The minimum absolute atomic E-state index is 0.147. The molecule has 0 rings (SSSR count). The first-order valence-corrected chi connectivity index (χ1v) is 6.37. The van der Waals surface area contributed by atoms with E-state index < -0.39 is 0 Å². The van der Waals surface area contributed by atoms with Crippen LogP contribution in [0.15, 0.2) is 40.6 Å². The van der Waals surface area contributed by atoms with Gasteiger partial charge in [-0.05, 0) is 38.2 Å². The summed E-state index contributed by atoms with van der Waals surface area (Å²) >= 11 is 0. The molecular formula is C16H27N. The van der Waals surface area contributed by atoms with Gasteiger partial charge in [0.2, 0.25) is 0 Å². The molecule has 0 atom stereocenters. The quantitative estimate of drug-likeness (QED) is 0.461. The number of rotatable bonds is 4. The normalized spacial score (nSPS) is 15.8. The Hall–Kier alpha value is -1.11. The fourth-order valence-electron chi connectivity index (χ4n) is 1.22. The molecule has 0 unspecified atom stereocenters. The molecule has 0 heterocycles. The second kappa shape index (κ2) is 7.26. The molecule has 0 aliphatic rings. The molecule has 96 valence electrons. The van der Waals surface area contributed by atoms with Crippen LogP contribution >= 0.6 is 0 Å². The van der Waals surface area contributed by atoms with Crippen LogP contribution in [0.2, 0.25) is 0 Å². The minimum Gasteiger partial charge on any atom is -0.262 e. The van der Waals surface area contributed by atoms with Crippen molar-refractivity contribution in [2.75, 3.05) is 0 Å². The molecule has 0 aliphatic heterocycles. The Labute approximate surface area is 107 Å². The van der Waals surface area contributed by atoms with Gasteiger partial charge in [0.25, 0.3) is 0 Å². The van der Waals surface area contributed by atoms with Crippen molar-refractivity contribution >= 4 is 5.71 Å². The summed E-state index contributed by atoms with van der Waals surface area (Å²) in [4.78, 5) is 4.77. The largest absolute Gasteiger partial charge is 0.262 e. The van der Waals surface area contributed by atoms with E-state index in [4.69, 9.17) is 4.99 Å². The lowest BCUT2D eigenvalue weighted by Crippen LogP contribution is -2.16. The van der Waals surface area contributed by atoms with Crippen LogP contribution in [0.4, 0.5) is 0 Å². The van der Waals surface area contributed by atoms with Crippen molar-refractivity contribution in [3.05, 3.63) is 35.6 Å². The predicted octanol–water partition coefficient (Wildman–Crippen LogP) is 5.31. The van der Waals surface area contributed by atoms with Gasteiger partial charge in [-0.2, -0.15) is 0 Å². The molecule has 0 aromatic heterocycles. The molecule has 0 amide bonds. The Balaban J connectivity index is 5.14. The van der Waals surface area contributed by atoms with Gasteiger partial charge in [-0.1, -0.05) is 52.0 Å². The summed E-state index contributed by atoms with van der Waals surface area (Å²) in [6.45, 7) is 15.0. The monoisotopic (exact) mass is 233 g/mol. The molecule has 0 saturated carbocycles. The summed E-state index contributed by atoms with van der Waals surface area (Å²) in [5.74, 6) is 0. The summed E-state index contributed by atoms with van der Waals surface area (Å²) in [5, 5.41) is 0. The molecule has 0 bridgehead atoms. The molecule has 0 fully saturated rings. The van der Waals surface area contributed by atoms with Crippen LogP contribution in [0.3, 0.4) is 0 Å². The van der Waals surface area contributed by atoms with Crippen LogP contribution in [-0.2, 0) is 0 Å². The standard InChI is InChI=1S/C16H27N/c1-8-10-11-12-13(3)15(9-2)17-14(4)16(5,6)7/h8,10-12H,9H2,1-7H3/b10-8-,12-11-,15-13+,17-14?. The third-order valence-corrected chi connectivity index (χ3v) is 2.83. The Morgan fingerprint density at radius 3 is 2.12 bits per heavy atom. The molecule has 0 aliphatic carbocycles. The van der Waals surface area contributed by atoms with Crippen LogP contribution < -0.4 is 0 Å². The highest BCUT2D eigenvalue weighted by molar-refractivity contribution is 5.87. The molecule has 0 saturated heterocycles. The number of allylic oxidation sites excluding steroid dienone is 6. The Bertz CT molecular complexity index is 346. The van der Waals surface area contributed by atoms with Crippen molar-refractivity contribution in [2.45, 2.75) is 54.9 Å². The van der Waals surface area contributed by atoms with Gasteiger partial charge in [-0.15, -0.1) is 0 Å². The van der Waals surface area contributed by atoms with Gasteiger partial charge in [0.05, 0.1) is 0 Å². The second-order valence-corrected chi connectivity index (χ2v) is 5.32. The zero-order chi connectivity index (χ0) is 13.5. The van der Waals surface area contributed by atoms with E-state index in [9.17, 15) is 0 Å². The molecule has 17 heavy (non-hydrogen) atoms. The summed E-state index contributed by atoms with van der Waals surface area (Å²) in [6.07, 6.45) is 9.22. The number of hydrogen-bond donors (Lipinski definition) is 0. The van der Waals surface area contributed by atoms with E-state index in [2.05, 4.69) is 53.7 Å². The van der Waals surface area contributed by atoms with Gasteiger partial charge in [0, 0.05) is 11.4 Å². The molecule has 0 aromatic carbocycles. The van der Waals surface area contributed by atoms with Crippen molar-refractivity contribution in [3.63, 3.8) is 0 Å². The first kappa shape index (κ1) is 15.9. The average Bonchev–Trinajstić information content (AvgIpc) is 2.24. The van der Waals surface area contributed by atoms with E-state index in [0.717, 1.165) is 6.42 Å². The van der Waals surface area contributed by atoms with Crippen LogP contribution in [0.25, 0.3) is 0 Å². The van der Waals surface area contributed by atoms with E-state index in [1.165, 1.54) is 17.0 Å². The average molecular weight is 233 g/mol. The van der Waals surface area contributed by atoms with E-state index in [-0.39, 0.29) is 5.41 Å². The zero-order valence-electron chi connectivity index (χ0n) is 12.5. The highest BCUT2D eigenvalue weighted by Gasteiger charge is 2.14. The summed E-state index contributed by atoms with van der Waals surface area (Å²) in [7, 11) is 0. The van der Waals surface area contributed by atoms with E-state index >= 15 is 0 Å². The molecule has 0 aromatic rings. The molecule has 1 nitrogen and oxygen atoms in total. The van der Waals surface area contributed by atoms with Gasteiger partial charge in [-0.25, -0.2) is 0 Å². The molecule has 0 N–H and O–H groups in total.